The fraction of sp³-hybridized carbons (Fsp3) is 0.111. The molecule has 0 saturated heterocycles. The summed E-state index contributed by atoms with van der Waals surface area (Å²) in [5.41, 5.74) is 0.430. The van der Waals surface area contributed by atoms with E-state index in [1.54, 1.807) is 0 Å². The van der Waals surface area contributed by atoms with Crippen LogP contribution in [0.2, 0.25) is 0 Å². The molecular weight excluding hydrogens is 159 g/mol. The van der Waals surface area contributed by atoms with Crippen molar-refractivity contribution in [2.24, 2.45) is 0 Å². The van der Waals surface area contributed by atoms with Crippen molar-refractivity contribution in [3.63, 3.8) is 0 Å². The number of aliphatic hydroxyl groups is 1. The van der Waals surface area contributed by atoms with Crippen LogP contribution < -0.4 is 0 Å². The smallest absolute Gasteiger partial charge is 0.166 e. The van der Waals surface area contributed by atoms with Crippen molar-refractivity contribution in [3.8, 4) is 17.6 Å². The van der Waals surface area contributed by atoms with Gasteiger partial charge in [0.05, 0.1) is 0 Å². The van der Waals surface area contributed by atoms with Gasteiger partial charge in [0.2, 0.25) is 0 Å². The molecule has 2 N–H and O–H groups in total. The number of phenolic OH excluding ortho intramolecular Hbond substituents is 1. The maximum Gasteiger partial charge on any atom is 0.166 e. The van der Waals surface area contributed by atoms with Gasteiger partial charge in [0.15, 0.2) is 11.6 Å². The normalized spacial score (nSPS) is 8.83. The summed E-state index contributed by atoms with van der Waals surface area (Å²) < 4.78 is 12.6. The fourth-order valence-corrected chi connectivity index (χ4v) is 0.726. The van der Waals surface area contributed by atoms with Crippen LogP contribution in [-0.2, 0) is 0 Å². The van der Waals surface area contributed by atoms with E-state index in [4.69, 9.17) is 10.2 Å². The first-order chi connectivity index (χ1) is 5.74. The molecule has 0 aliphatic heterocycles. The van der Waals surface area contributed by atoms with Gasteiger partial charge < -0.3 is 10.2 Å². The molecule has 0 aliphatic carbocycles. The van der Waals surface area contributed by atoms with E-state index in [1.807, 2.05) is 0 Å². The molecule has 0 unspecified atom stereocenters. The molecule has 62 valence electrons. The third kappa shape index (κ3) is 1.97. The summed E-state index contributed by atoms with van der Waals surface area (Å²) >= 11 is 0. The SMILES string of the molecule is OCC#Cc1ccc(O)c(F)c1. The Hall–Kier alpha value is -1.53. The van der Waals surface area contributed by atoms with Gasteiger partial charge in [-0.1, -0.05) is 11.8 Å². The predicted molar refractivity (Wildman–Crippen MR) is 42.0 cm³/mol. The van der Waals surface area contributed by atoms with E-state index < -0.39 is 11.6 Å². The van der Waals surface area contributed by atoms with Crippen molar-refractivity contribution in [3.05, 3.63) is 29.6 Å². The first-order valence-corrected chi connectivity index (χ1v) is 3.32. The molecule has 0 heterocycles. The molecule has 0 fully saturated rings. The predicted octanol–water partition coefficient (Wildman–Crippen LogP) is 0.875. The Bertz CT molecular complexity index is 336. The van der Waals surface area contributed by atoms with E-state index in [0.717, 1.165) is 6.07 Å². The average molecular weight is 166 g/mol. The molecule has 0 radical (unpaired) electrons. The van der Waals surface area contributed by atoms with E-state index in [2.05, 4.69) is 11.8 Å². The lowest BCUT2D eigenvalue weighted by molar-refractivity contribution is 0.350. The largest absolute Gasteiger partial charge is 0.505 e. The quantitative estimate of drug-likeness (QED) is 0.561. The Morgan fingerprint density at radius 3 is 2.75 bits per heavy atom. The van der Waals surface area contributed by atoms with Crippen LogP contribution in [0.25, 0.3) is 0 Å². The number of benzene rings is 1. The van der Waals surface area contributed by atoms with Crippen LogP contribution in [0.5, 0.6) is 5.75 Å². The summed E-state index contributed by atoms with van der Waals surface area (Å²) in [4.78, 5) is 0. The highest BCUT2D eigenvalue weighted by Gasteiger charge is 1.98. The van der Waals surface area contributed by atoms with Crippen molar-refractivity contribution in [1.29, 1.82) is 0 Å². The van der Waals surface area contributed by atoms with Crippen LogP contribution in [0.3, 0.4) is 0 Å². The summed E-state index contributed by atoms with van der Waals surface area (Å²) in [6.07, 6.45) is 0. The van der Waals surface area contributed by atoms with Crippen LogP contribution in [0.15, 0.2) is 18.2 Å². The van der Waals surface area contributed by atoms with E-state index in [0.29, 0.717) is 5.56 Å². The lowest BCUT2D eigenvalue weighted by atomic mass is 10.2. The topological polar surface area (TPSA) is 40.5 Å². The maximum absolute atomic E-state index is 12.6. The van der Waals surface area contributed by atoms with Gasteiger partial charge in [0, 0.05) is 5.56 Å². The van der Waals surface area contributed by atoms with Gasteiger partial charge in [-0.2, -0.15) is 0 Å². The molecule has 0 amide bonds. The number of phenols is 1. The van der Waals surface area contributed by atoms with Crippen molar-refractivity contribution in [1.82, 2.24) is 0 Å². The summed E-state index contributed by atoms with van der Waals surface area (Å²) in [6, 6.07) is 3.80. The Morgan fingerprint density at radius 2 is 2.17 bits per heavy atom. The zero-order valence-electron chi connectivity index (χ0n) is 6.21. The minimum absolute atomic E-state index is 0.261. The Balaban J connectivity index is 2.97. The molecule has 12 heavy (non-hydrogen) atoms. The second kappa shape index (κ2) is 3.74. The van der Waals surface area contributed by atoms with Crippen LogP contribution in [0, 0.1) is 17.7 Å². The van der Waals surface area contributed by atoms with Crippen LogP contribution in [0.4, 0.5) is 4.39 Å². The van der Waals surface area contributed by atoms with E-state index >= 15 is 0 Å². The third-order valence-electron chi connectivity index (χ3n) is 1.26. The Labute approximate surface area is 69.3 Å². The molecular formula is C9H7FO2. The number of halogens is 1. The molecule has 0 aromatic heterocycles. The number of rotatable bonds is 0. The van der Waals surface area contributed by atoms with E-state index in [-0.39, 0.29) is 6.61 Å². The Kier molecular flexibility index (Phi) is 2.67. The molecule has 3 heteroatoms. The number of hydrogen-bond acceptors (Lipinski definition) is 2. The van der Waals surface area contributed by atoms with Gasteiger partial charge in [-0.25, -0.2) is 4.39 Å². The number of aromatic hydroxyl groups is 1. The van der Waals surface area contributed by atoms with Gasteiger partial charge in [0.1, 0.15) is 6.61 Å². The van der Waals surface area contributed by atoms with Gasteiger partial charge >= 0.3 is 0 Å². The molecule has 2 nitrogen and oxygen atoms in total. The van der Waals surface area contributed by atoms with Crippen LogP contribution in [-0.4, -0.2) is 16.8 Å². The van der Waals surface area contributed by atoms with Gasteiger partial charge in [-0.05, 0) is 18.2 Å². The molecule has 1 aromatic rings. The number of hydrogen-bond donors (Lipinski definition) is 2. The zero-order chi connectivity index (χ0) is 8.97. The highest BCUT2D eigenvalue weighted by molar-refractivity contribution is 5.38. The summed E-state index contributed by atoms with van der Waals surface area (Å²) in [6.45, 7) is -0.261. The highest BCUT2D eigenvalue weighted by atomic mass is 19.1. The Morgan fingerprint density at radius 1 is 1.42 bits per heavy atom. The van der Waals surface area contributed by atoms with E-state index in [1.165, 1.54) is 12.1 Å². The molecule has 0 saturated carbocycles. The van der Waals surface area contributed by atoms with Crippen molar-refractivity contribution < 1.29 is 14.6 Å². The molecule has 0 aliphatic rings. The molecule has 1 aromatic carbocycles. The highest BCUT2D eigenvalue weighted by Crippen LogP contribution is 2.15. The van der Waals surface area contributed by atoms with Gasteiger partial charge in [0.25, 0.3) is 0 Å². The summed E-state index contributed by atoms with van der Waals surface area (Å²) in [5, 5.41) is 17.1. The van der Waals surface area contributed by atoms with Crippen molar-refractivity contribution in [2.45, 2.75) is 0 Å². The van der Waals surface area contributed by atoms with Crippen molar-refractivity contribution in [2.75, 3.05) is 6.61 Å². The second-order valence-corrected chi connectivity index (χ2v) is 2.13. The standard InChI is InChI=1S/C9H7FO2/c10-8-6-7(2-1-5-11)3-4-9(8)12/h3-4,6,11-12H,5H2. The molecule has 0 spiro atoms. The summed E-state index contributed by atoms with van der Waals surface area (Å²) in [7, 11) is 0. The first-order valence-electron chi connectivity index (χ1n) is 3.32. The fourth-order valence-electron chi connectivity index (χ4n) is 0.726. The lowest BCUT2D eigenvalue weighted by Crippen LogP contribution is -1.80. The average Bonchev–Trinajstić information content (AvgIpc) is 2.07. The first kappa shape index (κ1) is 8.57. The lowest BCUT2D eigenvalue weighted by Gasteiger charge is -1.93. The third-order valence-corrected chi connectivity index (χ3v) is 1.26. The minimum Gasteiger partial charge on any atom is -0.505 e. The summed E-state index contributed by atoms with van der Waals surface area (Å²) in [5.74, 6) is 3.77. The molecule has 1 rings (SSSR count). The molecule has 0 bridgehead atoms. The zero-order valence-corrected chi connectivity index (χ0v) is 6.21. The van der Waals surface area contributed by atoms with Crippen LogP contribution >= 0.6 is 0 Å². The minimum atomic E-state index is -0.709. The van der Waals surface area contributed by atoms with E-state index in [9.17, 15) is 4.39 Å². The maximum atomic E-state index is 12.6. The second-order valence-electron chi connectivity index (χ2n) is 2.13. The molecule has 0 atom stereocenters. The van der Waals surface area contributed by atoms with Crippen LogP contribution in [0.1, 0.15) is 5.56 Å². The van der Waals surface area contributed by atoms with Gasteiger partial charge in [-0.3, -0.25) is 0 Å². The van der Waals surface area contributed by atoms with Crippen molar-refractivity contribution >= 4 is 0 Å². The number of aliphatic hydroxyl groups excluding tert-OH is 1. The monoisotopic (exact) mass is 166 g/mol. The van der Waals surface area contributed by atoms with Gasteiger partial charge in [-0.15, -0.1) is 0 Å².